The topological polar surface area (TPSA) is 48.5 Å². The third-order valence-electron chi connectivity index (χ3n) is 4.13. The number of pyridine rings is 2. The lowest BCUT2D eigenvalue weighted by Crippen LogP contribution is -2.20. The Hall–Kier alpha value is -3.41. The van der Waals surface area contributed by atoms with E-state index in [-0.39, 0.29) is 5.56 Å². The third-order valence-corrected chi connectivity index (χ3v) is 4.13. The van der Waals surface area contributed by atoms with Gasteiger partial charge in [0, 0.05) is 42.0 Å². The van der Waals surface area contributed by atoms with E-state index in [1.165, 1.54) is 16.7 Å². The van der Waals surface area contributed by atoms with E-state index < -0.39 is 5.82 Å². The fraction of sp³-hybridized carbons (Fsp3) is 0.100. The molecule has 0 saturated heterocycles. The van der Waals surface area contributed by atoms with Gasteiger partial charge in [-0.2, -0.15) is 0 Å². The predicted octanol–water partition coefficient (Wildman–Crippen LogP) is 3.69. The fourth-order valence-corrected chi connectivity index (χ4v) is 2.94. The van der Waals surface area contributed by atoms with Crippen molar-refractivity contribution in [1.29, 1.82) is 0 Å². The van der Waals surface area contributed by atoms with Gasteiger partial charge in [-0.15, -0.1) is 0 Å². The van der Waals surface area contributed by atoms with Crippen LogP contribution in [0.3, 0.4) is 0 Å². The first-order valence-corrected chi connectivity index (χ1v) is 8.25. The molecule has 0 unspecified atom stereocenters. The quantitative estimate of drug-likeness (QED) is 0.565. The van der Waals surface area contributed by atoms with Crippen LogP contribution < -0.4 is 10.3 Å². The molecule has 0 fully saturated rings. The lowest BCUT2D eigenvalue weighted by atomic mass is 10.1. The molecule has 3 heterocycles. The summed E-state index contributed by atoms with van der Waals surface area (Å²) in [6.07, 6.45) is 7.04. The maximum atomic E-state index is 13.6. The number of hydrogen-bond acceptors (Lipinski definition) is 3. The normalized spacial score (nSPS) is 11.0. The highest BCUT2D eigenvalue weighted by Crippen LogP contribution is 2.24. The van der Waals surface area contributed by atoms with Crippen LogP contribution in [0, 0.1) is 5.82 Å². The summed E-state index contributed by atoms with van der Waals surface area (Å²) in [6, 6.07) is 11.4. The van der Waals surface area contributed by atoms with Crippen LogP contribution in [0.5, 0.6) is 5.75 Å². The molecule has 4 aromatic rings. The predicted molar refractivity (Wildman–Crippen MR) is 97.4 cm³/mol. The molecule has 0 saturated carbocycles. The number of aromatic nitrogens is 3. The van der Waals surface area contributed by atoms with Crippen molar-refractivity contribution in [3.63, 3.8) is 0 Å². The Morgan fingerprint density at radius 3 is 2.88 bits per heavy atom. The monoisotopic (exact) mass is 349 g/mol. The zero-order valence-corrected chi connectivity index (χ0v) is 14.1. The largest absolute Gasteiger partial charge is 0.492 e. The van der Waals surface area contributed by atoms with Gasteiger partial charge < -0.3 is 9.14 Å². The summed E-state index contributed by atoms with van der Waals surface area (Å²) < 4.78 is 22.4. The minimum absolute atomic E-state index is 0.209. The van der Waals surface area contributed by atoms with E-state index in [4.69, 9.17) is 4.74 Å². The molecule has 130 valence electrons. The number of hydrogen-bond donors (Lipinski definition) is 0. The standard InChI is InChI=1S/C20H16FN3O2/c1-2-26-18-12-15(21)6-7-17(18)24-10-3-4-16(20(24)25)14-5-8-19-22-9-11-23(19)13-14/h3-13H,2H2,1H3. The minimum Gasteiger partial charge on any atom is -0.492 e. The summed E-state index contributed by atoms with van der Waals surface area (Å²) >= 11 is 0. The maximum Gasteiger partial charge on any atom is 0.263 e. The molecule has 0 atom stereocenters. The second kappa shape index (κ2) is 6.48. The lowest BCUT2D eigenvalue weighted by Gasteiger charge is -2.13. The van der Waals surface area contributed by atoms with Crippen LogP contribution in [0.2, 0.25) is 0 Å². The average Bonchev–Trinajstić information content (AvgIpc) is 3.10. The summed E-state index contributed by atoms with van der Waals surface area (Å²) in [5.41, 5.74) is 2.41. The van der Waals surface area contributed by atoms with Crippen LogP contribution in [-0.2, 0) is 0 Å². The average molecular weight is 349 g/mol. The van der Waals surface area contributed by atoms with E-state index in [9.17, 15) is 9.18 Å². The van der Waals surface area contributed by atoms with E-state index >= 15 is 0 Å². The van der Waals surface area contributed by atoms with Crippen LogP contribution in [0.1, 0.15) is 6.92 Å². The number of nitrogens with zero attached hydrogens (tertiary/aromatic N) is 3. The van der Waals surface area contributed by atoms with E-state index in [0.717, 1.165) is 11.2 Å². The summed E-state index contributed by atoms with van der Waals surface area (Å²) in [5, 5.41) is 0. The van der Waals surface area contributed by atoms with Crippen molar-refractivity contribution in [2.75, 3.05) is 6.61 Å². The molecule has 0 radical (unpaired) electrons. The van der Waals surface area contributed by atoms with Gasteiger partial charge in [-0.3, -0.25) is 9.36 Å². The van der Waals surface area contributed by atoms with Crippen LogP contribution >= 0.6 is 0 Å². The van der Waals surface area contributed by atoms with Crippen molar-refractivity contribution in [2.24, 2.45) is 0 Å². The van der Waals surface area contributed by atoms with Gasteiger partial charge in [0.15, 0.2) is 0 Å². The number of fused-ring (bicyclic) bond motifs is 1. The molecule has 3 aromatic heterocycles. The maximum absolute atomic E-state index is 13.6. The van der Waals surface area contributed by atoms with Gasteiger partial charge >= 0.3 is 0 Å². The first-order valence-electron chi connectivity index (χ1n) is 8.25. The van der Waals surface area contributed by atoms with Crippen molar-refractivity contribution < 1.29 is 9.13 Å². The van der Waals surface area contributed by atoms with Gasteiger partial charge in [0.25, 0.3) is 5.56 Å². The molecule has 0 aliphatic carbocycles. The van der Waals surface area contributed by atoms with Gasteiger partial charge in [0.1, 0.15) is 17.2 Å². The number of imidazole rings is 1. The molecule has 0 aliphatic rings. The van der Waals surface area contributed by atoms with Crippen molar-refractivity contribution in [1.82, 2.24) is 14.0 Å². The molecule has 0 N–H and O–H groups in total. The third kappa shape index (κ3) is 2.75. The highest BCUT2D eigenvalue weighted by Gasteiger charge is 2.12. The molecular weight excluding hydrogens is 333 g/mol. The summed E-state index contributed by atoms with van der Waals surface area (Å²) in [5.74, 6) is -0.0798. The highest BCUT2D eigenvalue weighted by atomic mass is 19.1. The van der Waals surface area contributed by atoms with E-state index in [1.807, 2.05) is 35.9 Å². The molecule has 0 amide bonds. The molecular formula is C20H16FN3O2. The van der Waals surface area contributed by atoms with E-state index in [0.29, 0.717) is 23.6 Å². The molecule has 5 nitrogen and oxygen atoms in total. The highest BCUT2D eigenvalue weighted by molar-refractivity contribution is 5.64. The molecule has 1 aromatic carbocycles. The van der Waals surface area contributed by atoms with E-state index in [2.05, 4.69) is 4.98 Å². The Bertz CT molecular complexity index is 1150. The Morgan fingerprint density at radius 2 is 2.04 bits per heavy atom. The van der Waals surface area contributed by atoms with Gasteiger partial charge in [-0.1, -0.05) is 0 Å². The van der Waals surface area contributed by atoms with E-state index in [1.54, 1.807) is 30.6 Å². The first kappa shape index (κ1) is 16.1. The van der Waals surface area contributed by atoms with Crippen molar-refractivity contribution >= 4 is 5.65 Å². The van der Waals surface area contributed by atoms with Crippen LogP contribution in [0.4, 0.5) is 4.39 Å². The smallest absolute Gasteiger partial charge is 0.263 e. The molecule has 4 rings (SSSR count). The second-order valence-electron chi connectivity index (χ2n) is 5.75. The SMILES string of the molecule is CCOc1cc(F)ccc1-n1cccc(-c2ccc3nccn3c2)c1=O. The zero-order chi connectivity index (χ0) is 18.1. The summed E-state index contributed by atoms with van der Waals surface area (Å²) in [6.45, 7) is 2.19. The van der Waals surface area contributed by atoms with Crippen molar-refractivity contribution in [2.45, 2.75) is 6.92 Å². The van der Waals surface area contributed by atoms with Crippen LogP contribution in [-0.4, -0.2) is 20.6 Å². The Balaban J connectivity index is 1.88. The molecule has 0 aliphatic heterocycles. The van der Waals surface area contributed by atoms with Gasteiger partial charge in [0.2, 0.25) is 0 Å². The van der Waals surface area contributed by atoms with Gasteiger partial charge in [-0.25, -0.2) is 9.37 Å². The molecule has 0 spiro atoms. The fourth-order valence-electron chi connectivity index (χ4n) is 2.94. The lowest BCUT2D eigenvalue weighted by molar-refractivity contribution is 0.337. The summed E-state index contributed by atoms with van der Waals surface area (Å²) in [4.78, 5) is 17.3. The minimum atomic E-state index is -0.410. The Kier molecular flexibility index (Phi) is 4.01. The van der Waals surface area contributed by atoms with Crippen molar-refractivity contribution in [3.05, 3.63) is 83.4 Å². The number of benzene rings is 1. The molecule has 0 bridgehead atoms. The molecule has 6 heteroatoms. The zero-order valence-electron chi connectivity index (χ0n) is 14.1. The Labute approximate surface area is 148 Å². The van der Waals surface area contributed by atoms with Gasteiger partial charge in [-0.05, 0) is 43.3 Å². The van der Waals surface area contributed by atoms with Gasteiger partial charge in [0.05, 0.1) is 12.3 Å². The second-order valence-corrected chi connectivity index (χ2v) is 5.75. The Morgan fingerprint density at radius 1 is 1.15 bits per heavy atom. The van der Waals surface area contributed by atoms with Crippen molar-refractivity contribution in [3.8, 4) is 22.6 Å². The summed E-state index contributed by atoms with van der Waals surface area (Å²) in [7, 11) is 0. The van der Waals surface area contributed by atoms with Crippen LogP contribution in [0.25, 0.3) is 22.5 Å². The number of rotatable bonds is 4. The molecule has 26 heavy (non-hydrogen) atoms. The number of ether oxygens (including phenoxy) is 1. The first-order chi connectivity index (χ1) is 12.7. The number of halogens is 1. The van der Waals surface area contributed by atoms with Crippen LogP contribution in [0.15, 0.2) is 72.0 Å².